The molecule has 0 atom stereocenters. The number of nitrogens with zero attached hydrogens (tertiary/aromatic N) is 5. The van der Waals surface area contributed by atoms with Crippen LogP contribution in [0.25, 0.3) is 33.4 Å². The van der Waals surface area contributed by atoms with Gasteiger partial charge < -0.3 is 10.5 Å². The van der Waals surface area contributed by atoms with Crippen molar-refractivity contribution in [3.8, 4) is 23.0 Å². The average molecular weight is 431 g/mol. The van der Waals surface area contributed by atoms with E-state index in [1.54, 1.807) is 4.68 Å². The molecular weight excluding hydrogens is 413 g/mol. The van der Waals surface area contributed by atoms with Crippen LogP contribution < -0.4 is 11.3 Å². The summed E-state index contributed by atoms with van der Waals surface area (Å²) >= 11 is 0. The maximum atomic E-state index is 14.8. The standard InChI is InChI=1S/C22H18FN7O2/c1-29-17(12-5-7-32-8-6-12)9-16(28-29)14-11-30(20-13(10-24)3-2-4-15(20)23)22(31)18-19(14)26-27-21(18)25/h2-5,9,11H,6-8H2,1H3,(H3,25,26,27). The van der Waals surface area contributed by atoms with E-state index >= 15 is 0 Å². The molecule has 0 bridgehead atoms. The van der Waals surface area contributed by atoms with Crippen molar-refractivity contribution < 1.29 is 9.13 Å². The summed E-state index contributed by atoms with van der Waals surface area (Å²) < 4.78 is 23.0. The molecule has 32 heavy (non-hydrogen) atoms. The Balaban J connectivity index is 1.80. The molecule has 4 aromatic rings. The Bertz CT molecular complexity index is 1500. The molecular formula is C22H18FN7O2. The zero-order valence-electron chi connectivity index (χ0n) is 17.1. The molecule has 3 aromatic heterocycles. The molecule has 9 nitrogen and oxygen atoms in total. The summed E-state index contributed by atoms with van der Waals surface area (Å²) in [5.41, 5.74) is 8.72. The number of nitriles is 1. The average Bonchev–Trinajstić information content (AvgIpc) is 3.38. The van der Waals surface area contributed by atoms with Gasteiger partial charge in [0.2, 0.25) is 0 Å². The molecule has 5 rings (SSSR count). The molecule has 0 amide bonds. The summed E-state index contributed by atoms with van der Waals surface area (Å²) in [7, 11) is 1.83. The maximum Gasteiger partial charge on any atom is 0.268 e. The lowest BCUT2D eigenvalue weighted by atomic mass is 10.1. The lowest BCUT2D eigenvalue weighted by molar-refractivity contribution is 0.161. The predicted octanol–water partition coefficient (Wildman–Crippen LogP) is 2.51. The van der Waals surface area contributed by atoms with Gasteiger partial charge in [-0.1, -0.05) is 12.1 Å². The van der Waals surface area contributed by atoms with Crippen LogP contribution in [0.3, 0.4) is 0 Å². The second-order valence-electron chi connectivity index (χ2n) is 7.42. The van der Waals surface area contributed by atoms with Crippen LogP contribution in [0.2, 0.25) is 0 Å². The van der Waals surface area contributed by atoms with Crippen LogP contribution in [0.5, 0.6) is 0 Å². The molecule has 0 unspecified atom stereocenters. The minimum absolute atomic E-state index is 0.0151. The summed E-state index contributed by atoms with van der Waals surface area (Å²) in [6.07, 6.45) is 4.23. The lowest BCUT2D eigenvalue weighted by Crippen LogP contribution is -2.21. The van der Waals surface area contributed by atoms with E-state index in [1.807, 2.05) is 25.3 Å². The Hall–Kier alpha value is -4.23. The number of ether oxygens (including phenoxy) is 1. The van der Waals surface area contributed by atoms with E-state index in [9.17, 15) is 14.4 Å². The van der Waals surface area contributed by atoms with Crippen molar-refractivity contribution in [2.75, 3.05) is 18.9 Å². The number of H-pyrrole nitrogens is 1. The zero-order valence-corrected chi connectivity index (χ0v) is 17.1. The molecule has 10 heteroatoms. The van der Waals surface area contributed by atoms with Crippen molar-refractivity contribution in [1.29, 1.82) is 5.26 Å². The van der Waals surface area contributed by atoms with Crippen LogP contribution in [-0.4, -0.2) is 37.8 Å². The third-order valence-corrected chi connectivity index (χ3v) is 5.55. The topological polar surface area (TPSA) is 128 Å². The number of benzene rings is 1. The number of aryl methyl sites for hydroxylation is 1. The number of halogens is 1. The van der Waals surface area contributed by atoms with Gasteiger partial charge in [0, 0.05) is 18.8 Å². The first kappa shape index (κ1) is 19.7. The molecule has 4 heterocycles. The quantitative estimate of drug-likeness (QED) is 0.513. The van der Waals surface area contributed by atoms with Gasteiger partial charge in [-0.2, -0.15) is 15.5 Å². The predicted molar refractivity (Wildman–Crippen MR) is 116 cm³/mol. The van der Waals surface area contributed by atoms with Crippen LogP contribution in [0.4, 0.5) is 10.2 Å². The Kier molecular flexibility index (Phi) is 4.61. The highest BCUT2D eigenvalue weighted by Gasteiger charge is 2.22. The highest BCUT2D eigenvalue weighted by atomic mass is 19.1. The van der Waals surface area contributed by atoms with Gasteiger partial charge in [-0.25, -0.2) is 4.39 Å². The lowest BCUT2D eigenvalue weighted by Gasteiger charge is -2.13. The number of rotatable bonds is 3. The number of aromatic nitrogens is 5. The number of anilines is 1. The zero-order chi connectivity index (χ0) is 22.4. The van der Waals surface area contributed by atoms with Crippen LogP contribution in [0, 0.1) is 17.1 Å². The molecule has 1 aliphatic heterocycles. The fourth-order valence-electron chi connectivity index (χ4n) is 4.01. The van der Waals surface area contributed by atoms with Gasteiger partial charge in [-0.15, -0.1) is 0 Å². The molecule has 0 spiro atoms. The maximum absolute atomic E-state index is 14.8. The van der Waals surface area contributed by atoms with Gasteiger partial charge in [0.15, 0.2) is 5.82 Å². The molecule has 0 saturated carbocycles. The van der Waals surface area contributed by atoms with Crippen molar-refractivity contribution in [3.05, 3.63) is 64.0 Å². The summed E-state index contributed by atoms with van der Waals surface area (Å²) in [6, 6.07) is 7.90. The highest BCUT2D eigenvalue weighted by Crippen LogP contribution is 2.31. The van der Waals surface area contributed by atoms with Gasteiger partial charge in [-0.05, 0) is 30.2 Å². The number of pyridine rings is 1. The summed E-state index contributed by atoms with van der Waals surface area (Å²) in [5, 5.41) is 21.0. The molecule has 1 aliphatic rings. The Labute approximate surface area is 181 Å². The number of nitrogen functional groups attached to an aromatic ring is 1. The van der Waals surface area contributed by atoms with Crippen LogP contribution in [0.1, 0.15) is 17.7 Å². The molecule has 160 valence electrons. The summed E-state index contributed by atoms with van der Waals surface area (Å²) in [4.78, 5) is 13.2. The summed E-state index contributed by atoms with van der Waals surface area (Å²) in [5.74, 6) is -0.716. The van der Waals surface area contributed by atoms with E-state index in [1.165, 1.54) is 24.4 Å². The van der Waals surface area contributed by atoms with Crippen molar-refractivity contribution in [2.45, 2.75) is 6.42 Å². The molecule has 0 saturated heterocycles. The number of fused-ring (bicyclic) bond motifs is 1. The normalized spacial score (nSPS) is 13.8. The number of para-hydroxylation sites is 1. The van der Waals surface area contributed by atoms with Crippen LogP contribution in [0.15, 0.2) is 41.3 Å². The molecule has 3 N–H and O–H groups in total. The molecule has 0 fully saturated rings. The van der Waals surface area contributed by atoms with Gasteiger partial charge in [0.25, 0.3) is 5.56 Å². The van der Waals surface area contributed by atoms with Crippen molar-refractivity contribution >= 4 is 22.3 Å². The van der Waals surface area contributed by atoms with E-state index < -0.39 is 11.4 Å². The smallest absolute Gasteiger partial charge is 0.268 e. The van der Waals surface area contributed by atoms with Gasteiger partial charge in [0.1, 0.15) is 23.0 Å². The van der Waals surface area contributed by atoms with E-state index in [0.29, 0.717) is 30.0 Å². The number of nitrogens with one attached hydrogen (secondary N) is 1. The van der Waals surface area contributed by atoms with E-state index in [2.05, 4.69) is 15.3 Å². The largest absolute Gasteiger partial charge is 0.382 e. The Morgan fingerprint density at radius 1 is 1.38 bits per heavy atom. The second kappa shape index (κ2) is 7.47. The fraction of sp³-hybridized carbons (Fsp3) is 0.182. The third kappa shape index (κ3) is 2.99. The number of nitrogens with two attached hydrogens (primary N) is 1. The fourth-order valence-corrected chi connectivity index (χ4v) is 4.01. The Morgan fingerprint density at radius 2 is 2.22 bits per heavy atom. The molecule has 0 aliphatic carbocycles. The van der Waals surface area contributed by atoms with Gasteiger partial charge >= 0.3 is 0 Å². The number of hydrogen-bond donors (Lipinski definition) is 2. The van der Waals surface area contributed by atoms with Crippen molar-refractivity contribution in [1.82, 2.24) is 24.5 Å². The van der Waals surface area contributed by atoms with E-state index in [-0.39, 0.29) is 22.5 Å². The SMILES string of the molecule is Cn1nc(-c2cn(-c3c(F)cccc3C#N)c(=O)c3c(N)n[nH]c23)cc1C1=CCOCC1. The van der Waals surface area contributed by atoms with Gasteiger partial charge in [-0.3, -0.25) is 19.1 Å². The van der Waals surface area contributed by atoms with E-state index in [4.69, 9.17) is 10.5 Å². The Morgan fingerprint density at radius 3 is 2.97 bits per heavy atom. The number of hydrogen-bond acceptors (Lipinski definition) is 6. The minimum Gasteiger partial charge on any atom is -0.382 e. The molecule has 1 aromatic carbocycles. The van der Waals surface area contributed by atoms with Crippen molar-refractivity contribution in [2.24, 2.45) is 7.05 Å². The van der Waals surface area contributed by atoms with Crippen molar-refractivity contribution in [3.63, 3.8) is 0 Å². The first-order valence-electron chi connectivity index (χ1n) is 9.89. The third-order valence-electron chi connectivity index (χ3n) is 5.55. The first-order valence-corrected chi connectivity index (χ1v) is 9.89. The second-order valence-corrected chi connectivity index (χ2v) is 7.42. The van der Waals surface area contributed by atoms with Crippen LogP contribution >= 0.6 is 0 Å². The minimum atomic E-state index is -0.701. The van der Waals surface area contributed by atoms with E-state index in [0.717, 1.165) is 22.3 Å². The highest BCUT2D eigenvalue weighted by molar-refractivity contribution is 5.98. The molecule has 0 radical (unpaired) electrons. The first-order chi connectivity index (χ1) is 15.5. The van der Waals surface area contributed by atoms with Crippen LogP contribution in [-0.2, 0) is 11.8 Å². The summed E-state index contributed by atoms with van der Waals surface area (Å²) in [6.45, 7) is 1.16. The monoisotopic (exact) mass is 431 g/mol. The van der Waals surface area contributed by atoms with Gasteiger partial charge in [0.05, 0.1) is 35.7 Å². The number of aromatic amines is 1.